The van der Waals surface area contributed by atoms with Crippen LogP contribution in [-0.2, 0) is 13.1 Å². The second kappa shape index (κ2) is 5.81. The molecule has 0 spiro atoms. The Morgan fingerprint density at radius 3 is 2.86 bits per heavy atom. The highest BCUT2D eigenvalue weighted by molar-refractivity contribution is 6.31. The molecule has 7 heteroatoms. The summed E-state index contributed by atoms with van der Waals surface area (Å²) in [4.78, 5) is 31.3. The van der Waals surface area contributed by atoms with Crippen LogP contribution >= 0.6 is 11.6 Å². The third kappa shape index (κ3) is 2.82. The number of nitrogens with zero attached hydrogens (tertiary/aromatic N) is 3. The van der Waals surface area contributed by atoms with E-state index in [1.807, 2.05) is 17.7 Å². The standard InChI is InChI=1S/C15H15ClN4O2/c1-10(7-19-5-4-17-9-19)8-20-14(21)12-6-11(16)2-3-13(12)18-15(20)22/h2-6,9-10H,7-8H2,1H3,(H,18,22). The van der Waals surface area contributed by atoms with E-state index in [0.29, 0.717) is 29.0 Å². The number of aromatic nitrogens is 4. The lowest BCUT2D eigenvalue weighted by Gasteiger charge is -2.13. The number of halogens is 1. The Kier molecular flexibility index (Phi) is 3.85. The maximum absolute atomic E-state index is 12.5. The van der Waals surface area contributed by atoms with Gasteiger partial charge in [-0.3, -0.25) is 9.36 Å². The van der Waals surface area contributed by atoms with Crippen LogP contribution in [0.2, 0.25) is 5.02 Å². The van der Waals surface area contributed by atoms with Gasteiger partial charge in [0.1, 0.15) is 0 Å². The highest BCUT2D eigenvalue weighted by Gasteiger charge is 2.11. The van der Waals surface area contributed by atoms with Crippen molar-refractivity contribution in [2.24, 2.45) is 5.92 Å². The molecule has 0 bridgehead atoms. The number of H-pyrrole nitrogens is 1. The van der Waals surface area contributed by atoms with Crippen LogP contribution in [0.1, 0.15) is 6.92 Å². The minimum atomic E-state index is -0.405. The predicted molar refractivity (Wildman–Crippen MR) is 85.2 cm³/mol. The van der Waals surface area contributed by atoms with E-state index in [9.17, 15) is 9.59 Å². The Morgan fingerprint density at radius 2 is 2.14 bits per heavy atom. The highest BCUT2D eigenvalue weighted by atomic mass is 35.5. The Bertz CT molecular complexity index is 911. The van der Waals surface area contributed by atoms with Crippen molar-refractivity contribution < 1.29 is 0 Å². The molecule has 22 heavy (non-hydrogen) atoms. The second-order valence-electron chi connectivity index (χ2n) is 5.40. The molecular formula is C15H15ClN4O2. The molecule has 0 radical (unpaired) electrons. The Labute approximate surface area is 131 Å². The summed E-state index contributed by atoms with van der Waals surface area (Å²) in [5.41, 5.74) is -0.228. The van der Waals surface area contributed by atoms with Crippen LogP contribution in [0.5, 0.6) is 0 Å². The highest BCUT2D eigenvalue weighted by Crippen LogP contribution is 2.13. The number of imidazole rings is 1. The first-order valence-electron chi connectivity index (χ1n) is 6.92. The SMILES string of the molecule is CC(Cn1ccnc1)Cn1c(=O)[nH]c2ccc(Cl)cc2c1=O. The minimum absolute atomic E-state index is 0.102. The first kappa shape index (κ1) is 14.6. The number of benzene rings is 1. The molecule has 3 rings (SSSR count). The smallest absolute Gasteiger partial charge is 0.328 e. The van der Waals surface area contributed by atoms with E-state index in [4.69, 9.17) is 11.6 Å². The number of hydrogen-bond acceptors (Lipinski definition) is 3. The number of hydrogen-bond donors (Lipinski definition) is 1. The quantitative estimate of drug-likeness (QED) is 0.798. The molecule has 0 aliphatic heterocycles. The van der Waals surface area contributed by atoms with Gasteiger partial charge < -0.3 is 9.55 Å². The maximum atomic E-state index is 12.5. The fraction of sp³-hybridized carbons (Fsp3) is 0.267. The van der Waals surface area contributed by atoms with E-state index >= 15 is 0 Å². The van der Waals surface area contributed by atoms with Gasteiger partial charge in [0, 0.05) is 30.5 Å². The summed E-state index contributed by atoms with van der Waals surface area (Å²) in [5.74, 6) is 0.102. The molecule has 1 aromatic carbocycles. The topological polar surface area (TPSA) is 72.7 Å². The Hall–Kier alpha value is -2.34. The third-order valence-electron chi connectivity index (χ3n) is 3.52. The second-order valence-corrected chi connectivity index (χ2v) is 5.84. The molecule has 6 nitrogen and oxygen atoms in total. The van der Waals surface area contributed by atoms with E-state index in [1.54, 1.807) is 30.7 Å². The average molecular weight is 319 g/mol. The average Bonchev–Trinajstić information content (AvgIpc) is 2.97. The van der Waals surface area contributed by atoms with Gasteiger partial charge in [0.25, 0.3) is 5.56 Å². The van der Waals surface area contributed by atoms with Crippen LogP contribution in [-0.4, -0.2) is 19.1 Å². The summed E-state index contributed by atoms with van der Waals surface area (Å²) in [6.07, 6.45) is 5.26. The fourth-order valence-corrected chi connectivity index (χ4v) is 2.68. The van der Waals surface area contributed by atoms with Crippen molar-refractivity contribution in [1.29, 1.82) is 0 Å². The van der Waals surface area contributed by atoms with Crippen molar-refractivity contribution in [3.8, 4) is 0 Å². The van der Waals surface area contributed by atoms with Gasteiger partial charge in [-0.25, -0.2) is 9.78 Å². The number of aromatic amines is 1. The van der Waals surface area contributed by atoms with Crippen LogP contribution in [0, 0.1) is 5.92 Å². The van der Waals surface area contributed by atoms with Gasteiger partial charge in [-0.15, -0.1) is 0 Å². The monoisotopic (exact) mass is 318 g/mol. The van der Waals surface area contributed by atoms with E-state index in [2.05, 4.69) is 9.97 Å². The van der Waals surface area contributed by atoms with Crippen molar-refractivity contribution in [3.63, 3.8) is 0 Å². The lowest BCUT2D eigenvalue weighted by atomic mass is 10.1. The molecule has 1 atom stereocenters. The van der Waals surface area contributed by atoms with Gasteiger partial charge in [0.05, 0.1) is 17.2 Å². The number of fused-ring (bicyclic) bond motifs is 1. The van der Waals surface area contributed by atoms with Gasteiger partial charge in [-0.2, -0.15) is 0 Å². The molecule has 0 saturated heterocycles. The van der Waals surface area contributed by atoms with Gasteiger partial charge in [0.15, 0.2) is 0 Å². The summed E-state index contributed by atoms with van der Waals surface area (Å²) < 4.78 is 3.14. The van der Waals surface area contributed by atoms with E-state index < -0.39 is 5.69 Å². The first-order valence-corrected chi connectivity index (χ1v) is 7.30. The molecule has 0 amide bonds. The van der Waals surface area contributed by atoms with Crippen molar-refractivity contribution in [2.75, 3.05) is 0 Å². The summed E-state index contributed by atoms with van der Waals surface area (Å²) in [6, 6.07) is 4.86. The molecule has 2 aromatic heterocycles. The molecule has 0 aliphatic rings. The zero-order chi connectivity index (χ0) is 15.7. The molecule has 0 aliphatic carbocycles. The summed E-state index contributed by atoms with van der Waals surface area (Å²) >= 11 is 5.93. The first-order chi connectivity index (χ1) is 10.5. The molecule has 0 saturated carbocycles. The van der Waals surface area contributed by atoms with E-state index in [1.165, 1.54) is 4.57 Å². The molecule has 1 N–H and O–H groups in total. The summed E-state index contributed by atoms with van der Waals surface area (Å²) in [6.45, 7) is 2.99. The van der Waals surface area contributed by atoms with Gasteiger partial charge in [-0.1, -0.05) is 18.5 Å². The van der Waals surface area contributed by atoms with Gasteiger partial charge in [0.2, 0.25) is 0 Å². The molecule has 114 valence electrons. The predicted octanol–water partition coefficient (Wildman–Crippen LogP) is 1.88. The van der Waals surface area contributed by atoms with Crippen molar-refractivity contribution in [1.82, 2.24) is 19.1 Å². The summed E-state index contributed by atoms with van der Waals surface area (Å²) in [5, 5.41) is 0.886. The minimum Gasteiger partial charge on any atom is -0.337 e. The van der Waals surface area contributed by atoms with Gasteiger partial charge >= 0.3 is 5.69 Å². The third-order valence-corrected chi connectivity index (χ3v) is 3.75. The fourth-order valence-electron chi connectivity index (χ4n) is 2.51. The molecule has 2 heterocycles. The zero-order valence-electron chi connectivity index (χ0n) is 12.0. The Morgan fingerprint density at radius 1 is 1.32 bits per heavy atom. The molecule has 3 aromatic rings. The maximum Gasteiger partial charge on any atom is 0.328 e. The lowest BCUT2D eigenvalue weighted by molar-refractivity contribution is 0.403. The van der Waals surface area contributed by atoms with Crippen molar-refractivity contribution >= 4 is 22.5 Å². The van der Waals surface area contributed by atoms with Crippen LogP contribution < -0.4 is 11.2 Å². The van der Waals surface area contributed by atoms with E-state index in [0.717, 1.165) is 0 Å². The van der Waals surface area contributed by atoms with Crippen LogP contribution in [0.4, 0.5) is 0 Å². The number of nitrogens with one attached hydrogen (secondary N) is 1. The zero-order valence-corrected chi connectivity index (χ0v) is 12.7. The normalized spacial score (nSPS) is 12.6. The summed E-state index contributed by atoms with van der Waals surface area (Å²) in [7, 11) is 0. The van der Waals surface area contributed by atoms with Crippen LogP contribution in [0.3, 0.4) is 0 Å². The van der Waals surface area contributed by atoms with E-state index in [-0.39, 0.29) is 11.5 Å². The lowest BCUT2D eigenvalue weighted by Crippen LogP contribution is -2.37. The molecular weight excluding hydrogens is 304 g/mol. The number of rotatable bonds is 4. The Balaban J connectivity index is 1.96. The molecule has 0 fully saturated rings. The van der Waals surface area contributed by atoms with Crippen molar-refractivity contribution in [2.45, 2.75) is 20.0 Å². The van der Waals surface area contributed by atoms with Gasteiger partial charge in [-0.05, 0) is 24.1 Å². The largest absolute Gasteiger partial charge is 0.337 e. The van der Waals surface area contributed by atoms with Crippen molar-refractivity contribution in [3.05, 3.63) is 62.8 Å². The van der Waals surface area contributed by atoms with Crippen LogP contribution in [0.15, 0.2) is 46.5 Å². The molecule has 1 unspecified atom stereocenters. The van der Waals surface area contributed by atoms with Crippen LogP contribution in [0.25, 0.3) is 10.9 Å².